The third kappa shape index (κ3) is 5.09. The molecule has 0 aromatic heterocycles. The van der Waals surface area contributed by atoms with E-state index in [1.54, 1.807) is 31.4 Å². The van der Waals surface area contributed by atoms with Crippen molar-refractivity contribution in [2.45, 2.75) is 24.2 Å². The predicted molar refractivity (Wildman–Crippen MR) is 129 cm³/mol. The minimum Gasteiger partial charge on any atom is -0.497 e. The number of sulfonamides is 1. The summed E-state index contributed by atoms with van der Waals surface area (Å²) in [5.41, 5.74) is 0.410. The van der Waals surface area contributed by atoms with Gasteiger partial charge < -0.3 is 9.47 Å². The molecule has 0 atom stereocenters. The summed E-state index contributed by atoms with van der Waals surface area (Å²) in [6.07, 6.45) is 2.54. The van der Waals surface area contributed by atoms with Gasteiger partial charge in [0.05, 0.1) is 17.7 Å². The second kappa shape index (κ2) is 10.1. The van der Waals surface area contributed by atoms with Crippen LogP contribution in [-0.2, 0) is 14.8 Å². The van der Waals surface area contributed by atoms with Gasteiger partial charge in [-0.1, -0.05) is 36.2 Å². The third-order valence-electron chi connectivity index (χ3n) is 5.80. The number of benzene rings is 3. The molecular weight excluding hydrogens is 478 g/mol. The highest BCUT2D eigenvalue weighted by atomic mass is 35.5. The molecule has 0 unspecified atom stereocenters. The molecule has 0 saturated carbocycles. The van der Waals surface area contributed by atoms with Crippen LogP contribution in [0.3, 0.4) is 0 Å². The zero-order chi connectivity index (χ0) is 24.3. The average molecular weight is 502 g/mol. The van der Waals surface area contributed by atoms with Crippen LogP contribution in [0.4, 0.5) is 0 Å². The Kier molecular flexibility index (Phi) is 7.21. The van der Waals surface area contributed by atoms with Crippen molar-refractivity contribution < 1.29 is 27.5 Å². The second-order valence-corrected chi connectivity index (χ2v) is 10.4. The first kappa shape index (κ1) is 24.2. The van der Waals surface area contributed by atoms with Gasteiger partial charge in [-0.15, -0.1) is 0 Å². The highest BCUT2D eigenvalue weighted by molar-refractivity contribution is 7.89. The molecule has 34 heavy (non-hydrogen) atoms. The molecular formula is C25H24ClNO6S. The Morgan fingerprint density at radius 2 is 1.59 bits per heavy atom. The summed E-state index contributed by atoms with van der Waals surface area (Å²) in [6.45, 7) is 0.359. The molecule has 178 valence electrons. The van der Waals surface area contributed by atoms with Crippen LogP contribution >= 0.6 is 11.6 Å². The van der Waals surface area contributed by atoms with Gasteiger partial charge in [0.1, 0.15) is 10.6 Å². The molecule has 0 aliphatic carbocycles. The number of hydrogen-bond acceptors (Lipinski definition) is 6. The number of ketones is 1. The number of fused-ring (bicyclic) bond motifs is 1. The van der Waals surface area contributed by atoms with Crippen LogP contribution in [0.5, 0.6) is 5.75 Å². The highest BCUT2D eigenvalue weighted by Gasteiger charge is 2.29. The summed E-state index contributed by atoms with van der Waals surface area (Å²) in [6, 6.07) is 14.6. The van der Waals surface area contributed by atoms with Gasteiger partial charge in [-0.25, -0.2) is 13.2 Å². The van der Waals surface area contributed by atoms with Crippen LogP contribution in [0.2, 0.25) is 5.02 Å². The Labute approximate surface area is 203 Å². The topological polar surface area (TPSA) is 90.0 Å². The van der Waals surface area contributed by atoms with E-state index in [0.717, 1.165) is 30.0 Å². The summed E-state index contributed by atoms with van der Waals surface area (Å²) in [7, 11) is -2.25. The van der Waals surface area contributed by atoms with E-state index in [2.05, 4.69) is 0 Å². The molecule has 7 nitrogen and oxygen atoms in total. The van der Waals surface area contributed by atoms with E-state index >= 15 is 0 Å². The summed E-state index contributed by atoms with van der Waals surface area (Å²) in [5.74, 6) is -0.461. The summed E-state index contributed by atoms with van der Waals surface area (Å²) in [4.78, 5) is 25.1. The molecule has 0 N–H and O–H groups in total. The molecule has 0 amide bonds. The van der Waals surface area contributed by atoms with E-state index in [4.69, 9.17) is 21.1 Å². The number of halogens is 1. The lowest BCUT2D eigenvalue weighted by atomic mass is 10.0. The zero-order valence-corrected chi connectivity index (χ0v) is 20.2. The van der Waals surface area contributed by atoms with Crippen LogP contribution in [0.15, 0.2) is 59.5 Å². The molecule has 0 spiro atoms. The molecule has 3 aromatic carbocycles. The van der Waals surface area contributed by atoms with Crippen LogP contribution < -0.4 is 4.74 Å². The lowest BCUT2D eigenvalue weighted by molar-refractivity contribution is 0.0474. The number of esters is 1. The van der Waals surface area contributed by atoms with Crippen LogP contribution in [-0.4, -0.2) is 51.3 Å². The lowest BCUT2D eigenvalue weighted by Crippen LogP contribution is -2.35. The Balaban J connectivity index is 1.47. The quantitative estimate of drug-likeness (QED) is 0.344. The Hall–Kier alpha value is -2.94. The van der Waals surface area contributed by atoms with Gasteiger partial charge in [0.15, 0.2) is 12.4 Å². The maximum atomic E-state index is 13.0. The number of methoxy groups -OCH3 is 1. The monoisotopic (exact) mass is 501 g/mol. The fourth-order valence-corrected chi connectivity index (χ4v) is 5.91. The largest absolute Gasteiger partial charge is 0.497 e. The number of nitrogens with zero attached hydrogens (tertiary/aromatic N) is 1. The van der Waals surface area contributed by atoms with Crippen molar-refractivity contribution in [3.05, 3.63) is 70.7 Å². The first-order valence-electron chi connectivity index (χ1n) is 10.9. The van der Waals surface area contributed by atoms with Gasteiger partial charge in [0, 0.05) is 18.7 Å². The van der Waals surface area contributed by atoms with Crippen LogP contribution in [0.25, 0.3) is 10.8 Å². The van der Waals surface area contributed by atoms with Crippen molar-refractivity contribution in [2.75, 3.05) is 26.8 Å². The third-order valence-corrected chi connectivity index (χ3v) is 8.18. The number of carbonyl (C=O) groups is 2. The van der Waals surface area contributed by atoms with E-state index in [-0.39, 0.29) is 21.3 Å². The molecule has 1 aliphatic rings. The van der Waals surface area contributed by atoms with Gasteiger partial charge in [-0.2, -0.15) is 4.31 Å². The number of ether oxygens (including phenoxy) is 2. The van der Waals surface area contributed by atoms with Crippen molar-refractivity contribution in [3.8, 4) is 5.75 Å². The first-order chi connectivity index (χ1) is 16.3. The van der Waals surface area contributed by atoms with E-state index in [1.165, 1.54) is 22.5 Å². The molecule has 1 heterocycles. The fourth-order valence-electron chi connectivity index (χ4n) is 3.89. The number of carbonyl (C=O) groups excluding carboxylic acids is 2. The normalized spacial score (nSPS) is 14.6. The molecule has 1 aliphatic heterocycles. The molecule has 4 rings (SSSR count). The molecule has 0 bridgehead atoms. The molecule has 1 fully saturated rings. The second-order valence-electron chi connectivity index (χ2n) is 8.04. The molecule has 3 aromatic rings. The van der Waals surface area contributed by atoms with Gasteiger partial charge in [0.2, 0.25) is 10.0 Å². The molecule has 0 radical (unpaired) electrons. The van der Waals surface area contributed by atoms with Gasteiger partial charge in [-0.3, -0.25) is 4.79 Å². The minimum absolute atomic E-state index is 0.0124. The number of hydrogen-bond donors (Lipinski definition) is 0. The highest BCUT2D eigenvalue weighted by Crippen LogP contribution is 2.28. The van der Waals surface area contributed by atoms with Crippen molar-refractivity contribution in [3.63, 3.8) is 0 Å². The van der Waals surface area contributed by atoms with E-state index in [0.29, 0.717) is 24.4 Å². The number of Topliss-reactive ketones (excluding diaryl/α,β-unsaturated/α-hetero) is 1. The van der Waals surface area contributed by atoms with Crippen molar-refractivity contribution in [2.24, 2.45) is 0 Å². The smallest absolute Gasteiger partial charge is 0.338 e. The number of rotatable bonds is 7. The maximum absolute atomic E-state index is 13.0. The van der Waals surface area contributed by atoms with Gasteiger partial charge in [0.25, 0.3) is 0 Å². The molecule has 1 saturated heterocycles. The lowest BCUT2D eigenvalue weighted by Gasteiger charge is -2.26. The SMILES string of the molecule is COc1ccc2cc(C(=O)COC(=O)c3ccc(Cl)c(S(=O)(=O)N4CCCCC4)c3)ccc2c1. The predicted octanol–water partition coefficient (Wildman–Crippen LogP) is 4.72. The molecule has 9 heteroatoms. The van der Waals surface area contributed by atoms with E-state index in [1.807, 2.05) is 12.1 Å². The van der Waals surface area contributed by atoms with Crippen molar-refractivity contribution >= 4 is 44.1 Å². The Morgan fingerprint density at radius 3 is 2.32 bits per heavy atom. The van der Waals surface area contributed by atoms with Gasteiger partial charge >= 0.3 is 5.97 Å². The summed E-state index contributed by atoms with van der Waals surface area (Å²) in [5, 5.41) is 1.80. The minimum atomic E-state index is -3.83. The summed E-state index contributed by atoms with van der Waals surface area (Å²) >= 11 is 6.16. The first-order valence-corrected chi connectivity index (χ1v) is 12.7. The zero-order valence-electron chi connectivity index (χ0n) is 18.6. The summed E-state index contributed by atoms with van der Waals surface area (Å²) < 4.78 is 37.8. The maximum Gasteiger partial charge on any atom is 0.338 e. The Bertz CT molecular complexity index is 1350. The van der Waals surface area contributed by atoms with Gasteiger partial charge in [-0.05, 0) is 60.0 Å². The standard InChI is InChI=1S/C25H24ClNO6S/c1-32-21-9-7-17-13-19(6-5-18(17)14-21)23(28)16-33-25(29)20-8-10-22(26)24(15-20)34(30,31)27-11-3-2-4-12-27/h5-10,13-15H,2-4,11-12,16H2,1H3. The number of piperidine rings is 1. The van der Waals surface area contributed by atoms with Crippen LogP contribution in [0, 0.1) is 0 Å². The average Bonchev–Trinajstić information content (AvgIpc) is 2.87. The van der Waals surface area contributed by atoms with E-state index in [9.17, 15) is 18.0 Å². The fraction of sp³-hybridized carbons (Fsp3) is 0.280. The van der Waals surface area contributed by atoms with Crippen molar-refractivity contribution in [1.29, 1.82) is 0 Å². The Morgan fingerprint density at radius 1 is 0.912 bits per heavy atom. The van der Waals surface area contributed by atoms with Crippen molar-refractivity contribution in [1.82, 2.24) is 4.31 Å². The van der Waals surface area contributed by atoms with Crippen LogP contribution in [0.1, 0.15) is 40.0 Å². The van der Waals surface area contributed by atoms with E-state index < -0.39 is 22.6 Å².